The van der Waals surface area contributed by atoms with E-state index in [1.54, 1.807) is 6.07 Å². The van der Waals surface area contributed by atoms with Gasteiger partial charge in [0.2, 0.25) is 10.0 Å². The molecule has 0 amide bonds. The molecule has 0 spiro atoms. The Balaban J connectivity index is 1.62. The first-order valence-electron chi connectivity index (χ1n) is 9.25. The van der Waals surface area contributed by atoms with Crippen LogP contribution in [0.25, 0.3) is 0 Å². The molecule has 2 aromatic carbocycles. The van der Waals surface area contributed by atoms with Crippen LogP contribution < -0.4 is 23.7 Å². The van der Waals surface area contributed by atoms with Crippen molar-refractivity contribution in [3.8, 4) is 23.0 Å². The van der Waals surface area contributed by atoms with Gasteiger partial charge in [-0.15, -0.1) is 0 Å². The van der Waals surface area contributed by atoms with Gasteiger partial charge in [0.15, 0.2) is 23.0 Å². The highest BCUT2D eigenvalue weighted by Gasteiger charge is 2.27. The van der Waals surface area contributed by atoms with Crippen molar-refractivity contribution >= 4 is 10.0 Å². The smallest absolute Gasteiger partial charge is 0.241 e. The quantitative estimate of drug-likeness (QED) is 0.824. The van der Waals surface area contributed by atoms with E-state index in [-0.39, 0.29) is 10.8 Å². The van der Waals surface area contributed by atoms with Gasteiger partial charge in [0, 0.05) is 12.1 Å². The molecule has 0 aromatic heterocycles. The first kappa shape index (κ1) is 18.9. The van der Waals surface area contributed by atoms with Crippen molar-refractivity contribution in [3.63, 3.8) is 0 Å². The van der Waals surface area contributed by atoms with Crippen LogP contribution in [0.3, 0.4) is 0 Å². The van der Waals surface area contributed by atoms with E-state index in [0.29, 0.717) is 49.4 Å². The van der Waals surface area contributed by atoms with Crippen LogP contribution in [0.1, 0.15) is 25.5 Å². The van der Waals surface area contributed by atoms with E-state index in [9.17, 15) is 8.42 Å². The highest BCUT2D eigenvalue weighted by molar-refractivity contribution is 7.89. The molecule has 0 saturated heterocycles. The zero-order valence-corrected chi connectivity index (χ0v) is 16.6. The minimum atomic E-state index is -3.77. The molecular weight excluding hydrogens is 382 g/mol. The molecule has 0 aliphatic carbocycles. The first-order chi connectivity index (χ1) is 13.4. The van der Waals surface area contributed by atoms with Crippen LogP contribution in [0.5, 0.6) is 23.0 Å². The van der Waals surface area contributed by atoms with Gasteiger partial charge in [-0.05, 0) is 35.7 Å². The molecule has 28 heavy (non-hydrogen) atoms. The largest absolute Gasteiger partial charge is 0.486 e. The van der Waals surface area contributed by atoms with Crippen molar-refractivity contribution < 1.29 is 27.4 Å². The molecule has 0 unspecified atom stereocenters. The Labute approximate surface area is 164 Å². The molecule has 8 heteroatoms. The van der Waals surface area contributed by atoms with E-state index in [0.717, 1.165) is 5.56 Å². The molecule has 2 aromatic rings. The fraction of sp³-hybridized carbons (Fsp3) is 0.400. The predicted octanol–water partition coefficient (Wildman–Crippen LogP) is 2.90. The summed E-state index contributed by atoms with van der Waals surface area (Å²) in [5.41, 5.74) is 0.820. The van der Waals surface area contributed by atoms with Gasteiger partial charge >= 0.3 is 0 Å². The van der Waals surface area contributed by atoms with Crippen LogP contribution in [0.2, 0.25) is 0 Å². The third-order valence-electron chi connectivity index (χ3n) is 4.70. The lowest BCUT2D eigenvalue weighted by atomic mass is 9.97. The minimum Gasteiger partial charge on any atom is -0.486 e. The Hall–Kier alpha value is -2.45. The molecule has 4 rings (SSSR count). The Morgan fingerprint density at radius 2 is 1.32 bits per heavy atom. The van der Waals surface area contributed by atoms with Crippen LogP contribution >= 0.6 is 0 Å². The zero-order valence-electron chi connectivity index (χ0n) is 15.8. The fourth-order valence-electron chi connectivity index (χ4n) is 3.27. The minimum absolute atomic E-state index is 0.0227. The fourth-order valence-corrected chi connectivity index (χ4v) is 4.66. The van der Waals surface area contributed by atoms with Gasteiger partial charge in [-0.1, -0.05) is 19.9 Å². The maximum atomic E-state index is 13.0. The molecule has 1 N–H and O–H groups in total. The standard InChI is InChI=1S/C20H23NO6S/c1-13(2)20(14-3-5-16-18(11-14)26-9-7-24-16)21-28(22,23)15-4-6-17-19(12-15)27-10-8-25-17/h3-6,11-13,20-21H,7-10H2,1-2H3/t20-/m1/s1. The first-order valence-corrected chi connectivity index (χ1v) is 10.7. The average Bonchev–Trinajstić information content (AvgIpc) is 2.71. The van der Waals surface area contributed by atoms with Crippen molar-refractivity contribution in [2.75, 3.05) is 26.4 Å². The van der Waals surface area contributed by atoms with E-state index in [4.69, 9.17) is 18.9 Å². The monoisotopic (exact) mass is 405 g/mol. The maximum absolute atomic E-state index is 13.0. The van der Waals surface area contributed by atoms with Gasteiger partial charge in [-0.2, -0.15) is 0 Å². The van der Waals surface area contributed by atoms with E-state index < -0.39 is 16.1 Å². The summed E-state index contributed by atoms with van der Waals surface area (Å²) in [6.07, 6.45) is 0. The Kier molecular flexibility index (Phi) is 5.07. The molecule has 2 aliphatic rings. The van der Waals surface area contributed by atoms with Crippen LogP contribution in [0, 0.1) is 5.92 Å². The summed E-state index contributed by atoms with van der Waals surface area (Å²) in [5, 5.41) is 0. The highest BCUT2D eigenvalue weighted by atomic mass is 32.2. The van der Waals surface area contributed by atoms with Gasteiger partial charge < -0.3 is 18.9 Å². The Morgan fingerprint density at radius 3 is 1.93 bits per heavy atom. The topological polar surface area (TPSA) is 83.1 Å². The summed E-state index contributed by atoms with van der Waals surface area (Å²) in [5.74, 6) is 2.32. The average molecular weight is 405 g/mol. The van der Waals surface area contributed by atoms with E-state index in [1.165, 1.54) is 12.1 Å². The zero-order chi connectivity index (χ0) is 19.7. The third kappa shape index (κ3) is 3.74. The number of sulfonamides is 1. The predicted molar refractivity (Wildman–Crippen MR) is 103 cm³/mol. The van der Waals surface area contributed by atoms with Crippen LogP contribution in [0.15, 0.2) is 41.3 Å². The van der Waals surface area contributed by atoms with Gasteiger partial charge in [-0.25, -0.2) is 13.1 Å². The number of nitrogens with one attached hydrogen (secondary N) is 1. The second kappa shape index (κ2) is 7.52. The van der Waals surface area contributed by atoms with Crippen LogP contribution in [0.4, 0.5) is 0 Å². The van der Waals surface area contributed by atoms with Gasteiger partial charge in [0.25, 0.3) is 0 Å². The lowest BCUT2D eigenvalue weighted by Crippen LogP contribution is -2.32. The molecular formula is C20H23NO6S. The molecule has 0 bridgehead atoms. The number of hydrogen-bond donors (Lipinski definition) is 1. The molecule has 2 aliphatic heterocycles. The summed E-state index contributed by atoms with van der Waals surface area (Å²) >= 11 is 0. The second-order valence-electron chi connectivity index (χ2n) is 7.05. The molecule has 150 valence electrons. The number of fused-ring (bicyclic) bond motifs is 2. The Morgan fingerprint density at radius 1 is 0.786 bits per heavy atom. The normalized spacial score (nSPS) is 16.7. The summed E-state index contributed by atoms with van der Waals surface area (Å²) in [6.45, 7) is 5.77. The molecule has 0 radical (unpaired) electrons. The summed E-state index contributed by atoms with van der Waals surface area (Å²) in [7, 11) is -3.77. The van der Waals surface area contributed by atoms with Crippen molar-refractivity contribution in [2.45, 2.75) is 24.8 Å². The summed E-state index contributed by atoms with van der Waals surface area (Å²) in [6, 6.07) is 9.74. The number of ether oxygens (including phenoxy) is 4. The highest BCUT2D eigenvalue weighted by Crippen LogP contribution is 2.36. The molecule has 0 fully saturated rings. The maximum Gasteiger partial charge on any atom is 0.241 e. The van der Waals surface area contributed by atoms with Crippen LogP contribution in [-0.2, 0) is 10.0 Å². The van der Waals surface area contributed by atoms with E-state index in [2.05, 4.69) is 4.72 Å². The van der Waals surface area contributed by atoms with E-state index in [1.807, 2.05) is 32.0 Å². The van der Waals surface area contributed by atoms with Crippen molar-refractivity contribution in [2.24, 2.45) is 5.92 Å². The number of benzene rings is 2. The number of rotatable bonds is 5. The lowest BCUT2D eigenvalue weighted by molar-refractivity contribution is 0.171. The van der Waals surface area contributed by atoms with Gasteiger partial charge in [-0.3, -0.25) is 0 Å². The Bertz CT molecular complexity index is 973. The molecule has 7 nitrogen and oxygen atoms in total. The molecule has 1 atom stereocenters. The summed E-state index contributed by atoms with van der Waals surface area (Å²) < 4.78 is 51.0. The van der Waals surface area contributed by atoms with Crippen molar-refractivity contribution in [1.82, 2.24) is 4.72 Å². The molecule has 2 heterocycles. The summed E-state index contributed by atoms with van der Waals surface area (Å²) in [4.78, 5) is 0.139. The van der Waals surface area contributed by atoms with Gasteiger partial charge in [0.1, 0.15) is 26.4 Å². The SMILES string of the molecule is CC(C)[C@@H](NS(=O)(=O)c1ccc2c(c1)OCCO2)c1ccc2c(c1)OCCO2. The van der Waals surface area contributed by atoms with Crippen molar-refractivity contribution in [3.05, 3.63) is 42.0 Å². The van der Waals surface area contributed by atoms with E-state index >= 15 is 0 Å². The third-order valence-corrected chi connectivity index (χ3v) is 6.14. The molecule has 0 saturated carbocycles. The second-order valence-corrected chi connectivity index (χ2v) is 8.77. The van der Waals surface area contributed by atoms with Crippen LogP contribution in [-0.4, -0.2) is 34.8 Å². The van der Waals surface area contributed by atoms with Crippen molar-refractivity contribution in [1.29, 1.82) is 0 Å². The number of hydrogen-bond acceptors (Lipinski definition) is 6. The lowest BCUT2D eigenvalue weighted by Gasteiger charge is -2.25. The van der Waals surface area contributed by atoms with Gasteiger partial charge in [0.05, 0.1) is 4.90 Å².